The fourth-order valence-electron chi connectivity index (χ4n) is 0.460. The Morgan fingerprint density at radius 3 is 2.62 bits per heavy atom. The van der Waals surface area contributed by atoms with Crippen molar-refractivity contribution >= 4 is 12.6 Å². The van der Waals surface area contributed by atoms with E-state index in [-0.39, 0.29) is 0 Å². The van der Waals surface area contributed by atoms with E-state index in [1.165, 1.54) is 6.42 Å². The standard InChI is InChI=1S/C6H14OS/c1-2-7-5-3-4-6-8/h8H,2-6H2,1H3. The number of thiol groups is 1. The average Bonchev–Trinajstić information content (AvgIpc) is 1.81. The Bertz CT molecular complexity index is 33.5. The molecule has 0 amide bonds. The second-order valence-electron chi connectivity index (χ2n) is 1.63. The van der Waals surface area contributed by atoms with Gasteiger partial charge in [-0.25, -0.2) is 0 Å². The molecule has 0 bridgehead atoms. The van der Waals surface area contributed by atoms with Gasteiger partial charge in [0.05, 0.1) is 0 Å². The van der Waals surface area contributed by atoms with Crippen LogP contribution in [-0.2, 0) is 4.74 Å². The topological polar surface area (TPSA) is 9.23 Å². The SMILES string of the molecule is CCOCCCCS. The predicted octanol–water partition coefficient (Wildman–Crippen LogP) is 1.73. The van der Waals surface area contributed by atoms with Gasteiger partial charge < -0.3 is 4.74 Å². The summed E-state index contributed by atoms with van der Waals surface area (Å²) in [6.45, 7) is 3.75. The van der Waals surface area contributed by atoms with Crippen LogP contribution in [-0.4, -0.2) is 19.0 Å². The van der Waals surface area contributed by atoms with Crippen LogP contribution in [0.4, 0.5) is 0 Å². The zero-order valence-corrected chi connectivity index (χ0v) is 6.29. The van der Waals surface area contributed by atoms with Gasteiger partial charge in [-0.3, -0.25) is 0 Å². The molecule has 0 rings (SSSR count). The number of hydrogen-bond donors (Lipinski definition) is 1. The number of unbranched alkanes of at least 4 members (excludes halogenated alkanes) is 1. The van der Waals surface area contributed by atoms with Crippen molar-refractivity contribution in [2.24, 2.45) is 0 Å². The van der Waals surface area contributed by atoms with Crippen LogP contribution in [0.25, 0.3) is 0 Å². The molecular formula is C6H14OS. The second kappa shape index (κ2) is 7.31. The van der Waals surface area contributed by atoms with Gasteiger partial charge in [-0.1, -0.05) is 0 Å². The van der Waals surface area contributed by atoms with Crippen molar-refractivity contribution in [3.8, 4) is 0 Å². The summed E-state index contributed by atoms with van der Waals surface area (Å²) >= 11 is 4.07. The van der Waals surface area contributed by atoms with Gasteiger partial charge in [0, 0.05) is 13.2 Å². The highest BCUT2D eigenvalue weighted by Gasteiger charge is 1.82. The molecule has 0 saturated carbocycles. The minimum atomic E-state index is 0.840. The Balaban J connectivity index is 2.53. The number of rotatable bonds is 5. The van der Waals surface area contributed by atoms with Gasteiger partial charge >= 0.3 is 0 Å². The van der Waals surface area contributed by atoms with Gasteiger partial charge in [0.15, 0.2) is 0 Å². The van der Waals surface area contributed by atoms with E-state index in [1.54, 1.807) is 0 Å². The molecule has 0 aliphatic carbocycles. The van der Waals surface area contributed by atoms with E-state index < -0.39 is 0 Å². The quantitative estimate of drug-likeness (QED) is 0.445. The summed E-state index contributed by atoms with van der Waals surface area (Å²) < 4.78 is 5.10. The van der Waals surface area contributed by atoms with E-state index in [4.69, 9.17) is 4.74 Å². The lowest BCUT2D eigenvalue weighted by Gasteiger charge is -1.96. The van der Waals surface area contributed by atoms with Crippen LogP contribution in [0.1, 0.15) is 19.8 Å². The van der Waals surface area contributed by atoms with Crippen molar-refractivity contribution in [1.29, 1.82) is 0 Å². The maximum Gasteiger partial charge on any atom is 0.0466 e. The molecule has 2 heteroatoms. The Morgan fingerprint density at radius 1 is 1.38 bits per heavy atom. The minimum absolute atomic E-state index is 0.840. The van der Waals surface area contributed by atoms with Crippen molar-refractivity contribution in [3.05, 3.63) is 0 Å². The zero-order chi connectivity index (χ0) is 6.24. The van der Waals surface area contributed by atoms with Crippen LogP contribution in [0, 0.1) is 0 Å². The maximum atomic E-state index is 5.10. The molecule has 0 unspecified atom stereocenters. The Labute approximate surface area is 56.8 Å². The third-order valence-corrected chi connectivity index (χ3v) is 1.22. The molecule has 0 aromatic heterocycles. The molecule has 50 valence electrons. The Hall–Kier alpha value is 0.310. The Kier molecular flexibility index (Phi) is 7.59. The summed E-state index contributed by atoms with van der Waals surface area (Å²) in [5.74, 6) is 0.979. The molecule has 0 aromatic carbocycles. The first-order valence-electron chi connectivity index (χ1n) is 3.10. The van der Waals surface area contributed by atoms with Crippen molar-refractivity contribution in [2.45, 2.75) is 19.8 Å². The van der Waals surface area contributed by atoms with E-state index in [1.807, 2.05) is 6.92 Å². The van der Waals surface area contributed by atoms with Crippen LogP contribution in [0.5, 0.6) is 0 Å². The molecule has 0 aliphatic rings. The van der Waals surface area contributed by atoms with E-state index in [9.17, 15) is 0 Å². The molecule has 0 atom stereocenters. The summed E-state index contributed by atoms with van der Waals surface area (Å²) in [6.07, 6.45) is 2.32. The highest BCUT2D eigenvalue weighted by molar-refractivity contribution is 7.80. The lowest BCUT2D eigenvalue weighted by atomic mass is 10.4. The molecule has 0 radical (unpaired) electrons. The highest BCUT2D eigenvalue weighted by Crippen LogP contribution is 1.90. The van der Waals surface area contributed by atoms with Crippen LogP contribution in [0.3, 0.4) is 0 Å². The molecule has 0 spiro atoms. The van der Waals surface area contributed by atoms with Crippen molar-refractivity contribution in [1.82, 2.24) is 0 Å². The smallest absolute Gasteiger partial charge is 0.0466 e. The summed E-state index contributed by atoms with van der Waals surface area (Å²) in [5, 5.41) is 0. The van der Waals surface area contributed by atoms with Crippen LogP contribution in [0.15, 0.2) is 0 Å². The zero-order valence-electron chi connectivity index (χ0n) is 5.39. The molecule has 0 saturated heterocycles. The van der Waals surface area contributed by atoms with Crippen molar-refractivity contribution in [2.75, 3.05) is 19.0 Å². The Morgan fingerprint density at radius 2 is 2.12 bits per heavy atom. The van der Waals surface area contributed by atoms with Gasteiger partial charge in [0.25, 0.3) is 0 Å². The molecule has 0 fully saturated rings. The van der Waals surface area contributed by atoms with Gasteiger partial charge in [-0.15, -0.1) is 0 Å². The van der Waals surface area contributed by atoms with Crippen LogP contribution < -0.4 is 0 Å². The minimum Gasteiger partial charge on any atom is -0.382 e. The predicted molar refractivity (Wildman–Crippen MR) is 39.6 cm³/mol. The van der Waals surface area contributed by atoms with E-state index in [0.717, 1.165) is 25.4 Å². The molecular weight excluding hydrogens is 120 g/mol. The first-order valence-corrected chi connectivity index (χ1v) is 3.73. The van der Waals surface area contributed by atoms with Crippen molar-refractivity contribution < 1.29 is 4.74 Å². The fraction of sp³-hybridized carbons (Fsp3) is 1.00. The molecule has 0 aliphatic heterocycles. The van der Waals surface area contributed by atoms with Gasteiger partial charge in [0.2, 0.25) is 0 Å². The average molecular weight is 134 g/mol. The molecule has 1 nitrogen and oxygen atoms in total. The van der Waals surface area contributed by atoms with Crippen molar-refractivity contribution in [3.63, 3.8) is 0 Å². The maximum absolute atomic E-state index is 5.10. The third kappa shape index (κ3) is 6.31. The van der Waals surface area contributed by atoms with E-state index in [2.05, 4.69) is 12.6 Å². The lowest BCUT2D eigenvalue weighted by molar-refractivity contribution is 0.144. The van der Waals surface area contributed by atoms with E-state index in [0.29, 0.717) is 0 Å². The highest BCUT2D eigenvalue weighted by atomic mass is 32.1. The van der Waals surface area contributed by atoms with Gasteiger partial charge in [-0.2, -0.15) is 12.6 Å². The molecule has 0 aromatic rings. The molecule has 8 heavy (non-hydrogen) atoms. The van der Waals surface area contributed by atoms with E-state index >= 15 is 0 Å². The number of ether oxygens (including phenoxy) is 1. The lowest BCUT2D eigenvalue weighted by Crippen LogP contribution is -1.92. The number of hydrogen-bond acceptors (Lipinski definition) is 2. The molecule has 0 N–H and O–H groups in total. The largest absolute Gasteiger partial charge is 0.382 e. The van der Waals surface area contributed by atoms with Gasteiger partial charge in [-0.05, 0) is 25.5 Å². The summed E-state index contributed by atoms with van der Waals surface area (Å²) in [5.41, 5.74) is 0. The second-order valence-corrected chi connectivity index (χ2v) is 2.07. The molecule has 0 heterocycles. The first-order chi connectivity index (χ1) is 3.91. The van der Waals surface area contributed by atoms with Crippen LogP contribution >= 0.6 is 12.6 Å². The summed E-state index contributed by atoms with van der Waals surface area (Å²) in [4.78, 5) is 0. The van der Waals surface area contributed by atoms with Crippen LogP contribution in [0.2, 0.25) is 0 Å². The summed E-state index contributed by atoms with van der Waals surface area (Å²) in [6, 6.07) is 0. The third-order valence-electron chi connectivity index (χ3n) is 0.901. The first kappa shape index (κ1) is 8.31. The summed E-state index contributed by atoms with van der Waals surface area (Å²) in [7, 11) is 0. The van der Waals surface area contributed by atoms with Gasteiger partial charge in [0.1, 0.15) is 0 Å². The fourth-order valence-corrected chi connectivity index (χ4v) is 0.684. The normalized spacial score (nSPS) is 9.75. The monoisotopic (exact) mass is 134 g/mol.